The Labute approximate surface area is 155 Å². The Hall–Kier alpha value is -2.10. The van der Waals surface area contributed by atoms with Gasteiger partial charge in [-0.3, -0.25) is 4.79 Å². The molecule has 0 unspecified atom stereocenters. The third kappa shape index (κ3) is 2.85. The van der Waals surface area contributed by atoms with Crippen LogP contribution in [-0.4, -0.2) is 21.0 Å². The summed E-state index contributed by atoms with van der Waals surface area (Å²) in [7, 11) is 0. The zero-order valence-electron chi connectivity index (χ0n) is 15.4. The zero-order valence-corrected chi connectivity index (χ0v) is 15.4. The van der Waals surface area contributed by atoms with E-state index in [0.29, 0.717) is 0 Å². The van der Waals surface area contributed by atoms with Crippen LogP contribution in [0.5, 0.6) is 0 Å². The van der Waals surface area contributed by atoms with Gasteiger partial charge in [-0.25, -0.2) is 4.98 Å². The molecule has 4 bridgehead atoms. The Morgan fingerprint density at radius 3 is 2.27 bits per heavy atom. The Morgan fingerprint density at radius 1 is 1.12 bits per heavy atom. The minimum Gasteiger partial charge on any atom is -0.347 e. The first-order valence-corrected chi connectivity index (χ1v) is 9.98. The van der Waals surface area contributed by atoms with Crippen molar-refractivity contribution < 1.29 is 4.79 Å². The first-order chi connectivity index (χ1) is 12.6. The van der Waals surface area contributed by atoms with Gasteiger partial charge in [-0.1, -0.05) is 12.1 Å². The van der Waals surface area contributed by atoms with Gasteiger partial charge < -0.3 is 9.88 Å². The summed E-state index contributed by atoms with van der Waals surface area (Å²) in [5.41, 5.74) is 2.06. The number of benzene rings is 1. The quantitative estimate of drug-likeness (QED) is 0.909. The number of nitrogens with one attached hydrogen (secondary N) is 1. The van der Waals surface area contributed by atoms with E-state index in [1.54, 1.807) is 0 Å². The molecule has 4 nitrogen and oxygen atoms in total. The SMILES string of the molecule is Cc1nccn1Cc1ccc(C(=O)NC23CC4CC(CC(C4)C2)C3)cc1. The van der Waals surface area contributed by atoms with Crippen LogP contribution in [0.15, 0.2) is 36.7 Å². The van der Waals surface area contributed by atoms with Gasteiger partial charge in [0.25, 0.3) is 5.91 Å². The van der Waals surface area contributed by atoms with Gasteiger partial charge >= 0.3 is 0 Å². The number of aromatic nitrogens is 2. The highest BCUT2D eigenvalue weighted by Crippen LogP contribution is 2.55. The zero-order chi connectivity index (χ0) is 17.7. The average molecular weight is 349 g/mol. The molecule has 1 N–H and O–H groups in total. The number of hydrogen-bond acceptors (Lipinski definition) is 2. The normalized spacial score (nSPS) is 32.0. The number of nitrogens with zero attached hydrogens (tertiary/aromatic N) is 2. The second-order valence-electron chi connectivity index (χ2n) is 8.95. The van der Waals surface area contributed by atoms with E-state index in [0.717, 1.165) is 35.7 Å². The number of aryl methyl sites for hydroxylation is 1. The molecule has 0 saturated heterocycles. The van der Waals surface area contributed by atoms with E-state index in [4.69, 9.17) is 0 Å². The highest BCUT2D eigenvalue weighted by molar-refractivity contribution is 5.94. The van der Waals surface area contributed by atoms with Crippen LogP contribution in [-0.2, 0) is 6.54 Å². The molecule has 0 atom stereocenters. The van der Waals surface area contributed by atoms with Gasteiger partial charge in [0, 0.05) is 30.0 Å². The molecule has 4 aliphatic rings. The predicted octanol–water partition coefficient (Wildman–Crippen LogP) is 3.94. The van der Waals surface area contributed by atoms with Crippen molar-refractivity contribution in [1.29, 1.82) is 0 Å². The molecule has 1 heterocycles. The molecule has 0 aliphatic heterocycles. The molecule has 4 aliphatic carbocycles. The summed E-state index contributed by atoms with van der Waals surface area (Å²) in [4.78, 5) is 17.1. The second kappa shape index (κ2) is 5.97. The van der Waals surface area contributed by atoms with E-state index in [-0.39, 0.29) is 11.4 Å². The van der Waals surface area contributed by atoms with E-state index < -0.39 is 0 Å². The van der Waals surface area contributed by atoms with Crippen molar-refractivity contribution in [2.75, 3.05) is 0 Å². The molecule has 6 rings (SSSR count). The monoisotopic (exact) mass is 349 g/mol. The second-order valence-corrected chi connectivity index (χ2v) is 8.95. The van der Waals surface area contributed by atoms with Crippen LogP contribution in [0.25, 0.3) is 0 Å². The van der Waals surface area contributed by atoms with Crippen LogP contribution < -0.4 is 5.32 Å². The fourth-order valence-corrected chi connectivity index (χ4v) is 6.11. The summed E-state index contributed by atoms with van der Waals surface area (Å²) in [6, 6.07) is 8.07. The van der Waals surface area contributed by atoms with Gasteiger partial charge in [-0.15, -0.1) is 0 Å². The number of hydrogen-bond donors (Lipinski definition) is 1. The van der Waals surface area contributed by atoms with Crippen LogP contribution >= 0.6 is 0 Å². The Kier molecular flexibility index (Phi) is 3.70. The van der Waals surface area contributed by atoms with Crippen LogP contribution in [0.3, 0.4) is 0 Å². The van der Waals surface area contributed by atoms with E-state index in [9.17, 15) is 4.79 Å². The third-order valence-electron chi connectivity index (χ3n) is 6.91. The summed E-state index contributed by atoms with van der Waals surface area (Å²) in [5.74, 6) is 3.66. The molecular formula is C22H27N3O. The van der Waals surface area contributed by atoms with Gasteiger partial charge in [0.2, 0.25) is 0 Å². The fraction of sp³-hybridized carbons (Fsp3) is 0.545. The first-order valence-electron chi connectivity index (χ1n) is 9.98. The van der Waals surface area contributed by atoms with Crippen LogP contribution in [0.4, 0.5) is 0 Å². The maximum absolute atomic E-state index is 12.9. The molecule has 4 heteroatoms. The van der Waals surface area contributed by atoms with Crippen molar-refractivity contribution in [3.05, 3.63) is 53.6 Å². The molecule has 1 amide bonds. The minimum atomic E-state index is 0.0818. The molecule has 0 radical (unpaired) electrons. The smallest absolute Gasteiger partial charge is 0.251 e. The summed E-state index contributed by atoms with van der Waals surface area (Å²) < 4.78 is 2.12. The van der Waals surface area contributed by atoms with Gasteiger partial charge in [0.15, 0.2) is 0 Å². The fourth-order valence-electron chi connectivity index (χ4n) is 6.11. The van der Waals surface area contributed by atoms with E-state index >= 15 is 0 Å². The maximum atomic E-state index is 12.9. The maximum Gasteiger partial charge on any atom is 0.251 e. The van der Waals surface area contributed by atoms with Crippen LogP contribution in [0.1, 0.15) is 60.3 Å². The summed E-state index contributed by atoms with van der Waals surface area (Å²) in [5, 5.41) is 3.46. The predicted molar refractivity (Wildman–Crippen MR) is 101 cm³/mol. The number of rotatable bonds is 4. The van der Waals surface area contributed by atoms with Crippen molar-refractivity contribution >= 4 is 5.91 Å². The number of carbonyl (C=O) groups excluding carboxylic acids is 1. The lowest BCUT2D eigenvalue weighted by atomic mass is 9.53. The van der Waals surface area contributed by atoms with E-state index in [2.05, 4.69) is 27.0 Å². The molecule has 4 saturated carbocycles. The van der Waals surface area contributed by atoms with Crippen molar-refractivity contribution in [1.82, 2.24) is 14.9 Å². The van der Waals surface area contributed by atoms with Gasteiger partial charge in [0.05, 0.1) is 0 Å². The van der Waals surface area contributed by atoms with Gasteiger partial charge in [-0.2, -0.15) is 0 Å². The lowest BCUT2D eigenvalue weighted by Gasteiger charge is -2.56. The van der Waals surface area contributed by atoms with Crippen molar-refractivity contribution in [3.8, 4) is 0 Å². The standard InChI is InChI=1S/C22H27N3O/c1-15-23-6-7-25(15)14-16-2-4-20(5-3-16)21(26)24-22-11-17-8-18(12-22)10-19(9-17)13-22/h2-7,17-19H,8-14H2,1H3,(H,24,26). The van der Waals surface area contributed by atoms with Crippen LogP contribution in [0, 0.1) is 24.7 Å². The lowest BCUT2D eigenvalue weighted by molar-refractivity contribution is -0.0167. The van der Waals surface area contributed by atoms with Gasteiger partial charge in [0.1, 0.15) is 5.82 Å². The third-order valence-corrected chi connectivity index (χ3v) is 6.91. The van der Waals surface area contributed by atoms with Crippen molar-refractivity contribution in [3.63, 3.8) is 0 Å². The average Bonchev–Trinajstić information content (AvgIpc) is 2.98. The number of imidazole rings is 1. The van der Waals surface area contributed by atoms with E-state index in [1.165, 1.54) is 44.1 Å². The summed E-state index contributed by atoms with van der Waals surface area (Å²) in [6.45, 7) is 2.80. The molecule has 4 fully saturated rings. The molecular weight excluding hydrogens is 322 g/mol. The molecule has 1 aromatic carbocycles. The highest BCUT2D eigenvalue weighted by Gasteiger charge is 2.51. The molecule has 2 aromatic rings. The van der Waals surface area contributed by atoms with E-state index in [1.807, 2.05) is 31.5 Å². The summed E-state index contributed by atoms with van der Waals surface area (Å²) >= 11 is 0. The molecule has 1 aromatic heterocycles. The Morgan fingerprint density at radius 2 is 1.73 bits per heavy atom. The van der Waals surface area contributed by atoms with Crippen LogP contribution in [0.2, 0.25) is 0 Å². The largest absolute Gasteiger partial charge is 0.347 e. The Balaban J connectivity index is 1.28. The van der Waals surface area contributed by atoms with Crippen molar-refractivity contribution in [2.24, 2.45) is 17.8 Å². The first kappa shape index (κ1) is 16.1. The summed E-state index contributed by atoms with van der Waals surface area (Å²) in [6.07, 6.45) is 11.6. The van der Waals surface area contributed by atoms with Gasteiger partial charge in [-0.05, 0) is 80.9 Å². The lowest BCUT2D eigenvalue weighted by Crippen LogP contribution is -2.59. The molecule has 0 spiro atoms. The molecule has 26 heavy (non-hydrogen) atoms. The van der Waals surface area contributed by atoms with Crippen molar-refractivity contribution in [2.45, 2.75) is 57.5 Å². The Bertz CT molecular complexity index is 785. The highest BCUT2D eigenvalue weighted by atomic mass is 16.1. The number of carbonyl (C=O) groups is 1. The minimum absolute atomic E-state index is 0.0818. The number of amides is 1. The topological polar surface area (TPSA) is 46.9 Å². The molecule has 136 valence electrons.